The number of nitrogens with one attached hydrogen (secondary N) is 1. The lowest BCUT2D eigenvalue weighted by molar-refractivity contribution is 0.633. The summed E-state index contributed by atoms with van der Waals surface area (Å²) in [5.41, 5.74) is 7.21. The van der Waals surface area contributed by atoms with Crippen molar-refractivity contribution in [2.75, 3.05) is 5.32 Å². The van der Waals surface area contributed by atoms with Crippen LogP contribution in [0.5, 0.6) is 0 Å². The van der Waals surface area contributed by atoms with Crippen molar-refractivity contribution in [2.45, 2.75) is 44.6 Å². The molecule has 0 aliphatic heterocycles. The van der Waals surface area contributed by atoms with Gasteiger partial charge in [-0.15, -0.1) is 0 Å². The summed E-state index contributed by atoms with van der Waals surface area (Å²) in [5, 5.41) is 3.82. The molecule has 3 atom stereocenters. The van der Waals surface area contributed by atoms with Gasteiger partial charge in [0, 0.05) is 17.6 Å². The molecule has 0 aromatic heterocycles. The molecule has 1 heteroatoms. The van der Waals surface area contributed by atoms with E-state index < -0.39 is 0 Å². The van der Waals surface area contributed by atoms with E-state index in [2.05, 4.69) is 61.6 Å². The fraction of sp³-hybridized carbons (Fsp3) is 0.368. The van der Waals surface area contributed by atoms with Gasteiger partial charge in [0.25, 0.3) is 0 Å². The summed E-state index contributed by atoms with van der Waals surface area (Å²) in [6, 6.07) is 16.3. The molecule has 0 unspecified atom stereocenters. The lowest BCUT2D eigenvalue weighted by Crippen LogP contribution is -2.25. The van der Waals surface area contributed by atoms with Gasteiger partial charge in [0.05, 0.1) is 0 Å². The van der Waals surface area contributed by atoms with E-state index in [9.17, 15) is 0 Å². The summed E-state index contributed by atoms with van der Waals surface area (Å²) >= 11 is 0. The van der Waals surface area contributed by atoms with Crippen molar-refractivity contribution in [2.24, 2.45) is 0 Å². The average Bonchev–Trinajstić information content (AvgIpc) is 3.02. The van der Waals surface area contributed by atoms with E-state index in [4.69, 9.17) is 0 Å². The van der Waals surface area contributed by atoms with Crippen LogP contribution in [0, 0.1) is 13.8 Å². The Hall–Kier alpha value is -1.76. The zero-order chi connectivity index (χ0) is 13.7. The molecule has 1 fully saturated rings. The first-order chi connectivity index (χ1) is 9.72. The highest BCUT2D eigenvalue weighted by Gasteiger charge is 2.43. The van der Waals surface area contributed by atoms with Crippen molar-refractivity contribution in [3.05, 3.63) is 64.7 Å². The van der Waals surface area contributed by atoms with E-state index in [1.165, 1.54) is 29.7 Å². The number of hydrogen-bond donors (Lipinski definition) is 1. The molecule has 1 N–H and O–H groups in total. The van der Waals surface area contributed by atoms with Crippen LogP contribution in [0.4, 0.5) is 5.69 Å². The fourth-order valence-electron chi connectivity index (χ4n) is 4.11. The molecule has 2 aromatic carbocycles. The number of benzene rings is 2. The predicted molar refractivity (Wildman–Crippen MR) is 84.5 cm³/mol. The summed E-state index contributed by atoms with van der Waals surface area (Å²) in [4.78, 5) is 0. The van der Waals surface area contributed by atoms with Gasteiger partial charge in [-0.05, 0) is 60.9 Å². The van der Waals surface area contributed by atoms with Gasteiger partial charge in [-0.3, -0.25) is 0 Å². The Kier molecular flexibility index (Phi) is 2.63. The molecule has 2 aliphatic rings. The van der Waals surface area contributed by atoms with Crippen molar-refractivity contribution >= 4 is 5.69 Å². The largest absolute Gasteiger partial charge is 0.381 e. The number of hydrogen-bond acceptors (Lipinski definition) is 1. The molecule has 0 amide bonds. The van der Waals surface area contributed by atoms with Crippen molar-refractivity contribution in [1.29, 1.82) is 0 Å². The van der Waals surface area contributed by atoms with Gasteiger partial charge in [-0.1, -0.05) is 36.4 Å². The molecule has 0 radical (unpaired) electrons. The smallest absolute Gasteiger partial charge is 0.0374 e. The highest BCUT2D eigenvalue weighted by Crippen LogP contribution is 2.53. The minimum atomic E-state index is 0.607. The third-order valence-corrected chi connectivity index (χ3v) is 5.13. The maximum absolute atomic E-state index is 3.82. The minimum Gasteiger partial charge on any atom is -0.381 e. The maximum Gasteiger partial charge on any atom is 0.0374 e. The summed E-state index contributed by atoms with van der Waals surface area (Å²) in [6.07, 6.45) is 2.62. The van der Waals surface area contributed by atoms with Crippen LogP contribution in [-0.4, -0.2) is 6.04 Å². The van der Waals surface area contributed by atoms with Gasteiger partial charge in [-0.2, -0.15) is 0 Å². The highest BCUT2D eigenvalue weighted by molar-refractivity contribution is 5.55. The van der Waals surface area contributed by atoms with Crippen LogP contribution in [0.3, 0.4) is 0 Å². The number of anilines is 1. The molecule has 1 nitrogen and oxygen atoms in total. The first-order valence-corrected chi connectivity index (χ1v) is 7.65. The molecule has 1 saturated carbocycles. The normalized spacial score (nSPS) is 26.6. The minimum absolute atomic E-state index is 0.607. The zero-order valence-corrected chi connectivity index (χ0v) is 12.2. The van der Waals surface area contributed by atoms with Gasteiger partial charge in [0.2, 0.25) is 0 Å². The Morgan fingerprint density at radius 3 is 2.60 bits per heavy atom. The Labute approximate surface area is 121 Å². The van der Waals surface area contributed by atoms with Crippen LogP contribution in [0.2, 0.25) is 0 Å². The molecule has 0 heterocycles. The number of aryl methyl sites for hydroxylation is 2. The second-order valence-corrected chi connectivity index (χ2v) is 6.47. The molecule has 2 aromatic rings. The SMILES string of the molecule is Cc1ccc(C)c(N[C@H]2C[C@H]3C[C@@H]2c2ccccc23)c1. The number of rotatable bonds is 2. The van der Waals surface area contributed by atoms with Crippen molar-refractivity contribution in [3.63, 3.8) is 0 Å². The van der Waals surface area contributed by atoms with E-state index in [-0.39, 0.29) is 0 Å². The molecular weight excluding hydrogens is 242 g/mol. The van der Waals surface area contributed by atoms with E-state index in [0.29, 0.717) is 12.0 Å². The van der Waals surface area contributed by atoms with Gasteiger partial charge in [0.15, 0.2) is 0 Å². The molecule has 0 saturated heterocycles. The highest BCUT2D eigenvalue weighted by atomic mass is 14.9. The van der Waals surface area contributed by atoms with E-state index in [1.807, 2.05) is 0 Å². The Bertz CT molecular complexity index is 659. The first-order valence-electron chi connectivity index (χ1n) is 7.65. The van der Waals surface area contributed by atoms with Crippen LogP contribution in [0.25, 0.3) is 0 Å². The standard InChI is InChI=1S/C19H21N/c1-12-7-8-13(2)18(9-12)20-19-11-14-10-17(19)16-6-4-3-5-15(14)16/h3-9,14,17,19-20H,10-11H2,1-2H3/t14-,17-,19+/m1/s1. The topological polar surface area (TPSA) is 12.0 Å². The Balaban J connectivity index is 1.62. The lowest BCUT2D eigenvalue weighted by Gasteiger charge is -2.27. The monoisotopic (exact) mass is 263 g/mol. The van der Waals surface area contributed by atoms with Crippen LogP contribution < -0.4 is 5.32 Å². The Morgan fingerprint density at radius 1 is 0.950 bits per heavy atom. The summed E-state index contributed by atoms with van der Waals surface area (Å²) in [6.45, 7) is 4.36. The second kappa shape index (κ2) is 4.37. The average molecular weight is 263 g/mol. The quantitative estimate of drug-likeness (QED) is 0.823. The van der Waals surface area contributed by atoms with Gasteiger partial charge >= 0.3 is 0 Å². The molecule has 20 heavy (non-hydrogen) atoms. The third-order valence-electron chi connectivity index (χ3n) is 5.13. The maximum atomic E-state index is 3.82. The summed E-state index contributed by atoms with van der Waals surface area (Å²) in [5.74, 6) is 1.48. The molecule has 2 bridgehead atoms. The predicted octanol–water partition coefficient (Wildman–Crippen LogP) is 4.76. The Morgan fingerprint density at radius 2 is 1.75 bits per heavy atom. The second-order valence-electron chi connectivity index (χ2n) is 6.47. The molecule has 102 valence electrons. The van der Waals surface area contributed by atoms with Crippen LogP contribution >= 0.6 is 0 Å². The lowest BCUT2D eigenvalue weighted by atomic mass is 9.88. The van der Waals surface area contributed by atoms with Gasteiger partial charge < -0.3 is 5.32 Å². The van der Waals surface area contributed by atoms with Crippen LogP contribution in [0.1, 0.15) is 46.9 Å². The van der Waals surface area contributed by atoms with E-state index in [1.54, 1.807) is 11.1 Å². The van der Waals surface area contributed by atoms with Crippen molar-refractivity contribution < 1.29 is 0 Å². The van der Waals surface area contributed by atoms with Crippen molar-refractivity contribution in [1.82, 2.24) is 0 Å². The fourth-order valence-corrected chi connectivity index (χ4v) is 4.11. The zero-order valence-electron chi connectivity index (χ0n) is 12.2. The van der Waals surface area contributed by atoms with Crippen LogP contribution in [-0.2, 0) is 0 Å². The molecule has 2 aliphatic carbocycles. The van der Waals surface area contributed by atoms with Crippen LogP contribution in [0.15, 0.2) is 42.5 Å². The molecule has 4 rings (SSSR count). The van der Waals surface area contributed by atoms with Gasteiger partial charge in [0.1, 0.15) is 0 Å². The van der Waals surface area contributed by atoms with Crippen molar-refractivity contribution in [3.8, 4) is 0 Å². The third kappa shape index (κ3) is 1.76. The van der Waals surface area contributed by atoms with E-state index >= 15 is 0 Å². The van der Waals surface area contributed by atoms with E-state index in [0.717, 1.165) is 5.92 Å². The van der Waals surface area contributed by atoms with Gasteiger partial charge in [-0.25, -0.2) is 0 Å². The number of fused-ring (bicyclic) bond motifs is 5. The first kappa shape index (κ1) is 12.0. The molecular formula is C19H21N. The summed E-state index contributed by atoms with van der Waals surface area (Å²) in [7, 11) is 0. The summed E-state index contributed by atoms with van der Waals surface area (Å²) < 4.78 is 0. The molecule has 0 spiro atoms.